The zero-order chi connectivity index (χ0) is 35.5. The van der Waals surface area contributed by atoms with Crippen molar-refractivity contribution in [2.24, 2.45) is 7.05 Å². The van der Waals surface area contributed by atoms with Crippen molar-refractivity contribution in [3.8, 4) is 16.9 Å². The van der Waals surface area contributed by atoms with Gasteiger partial charge < -0.3 is 15.0 Å². The molecule has 7 rings (SSSR count). The van der Waals surface area contributed by atoms with Crippen LogP contribution in [0.3, 0.4) is 0 Å². The lowest BCUT2D eigenvalue weighted by molar-refractivity contribution is -0.142. The van der Waals surface area contributed by atoms with E-state index in [1.807, 2.05) is 20.8 Å². The van der Waals surface area contributed by atoms with E-state index in [4.69, 9.17) is 4.74 Å². The van der Waals surface area contributed by atoms with Crippen LogP contribution in [0.15, 0.2) is 64.6 Å². The van der Waals surface area contributed by atoms with Gasteiger partial charge in [-0.3, -0.25) is 19.3 Å². The summed E-state index contributed by atoms with van der Waals surface area (Å²) in [7, 11) is 3.66. The molecule has 0 unspecified atom stereocenters. The molecule has 14 heteroatoms. The van der Waals surface area contributed by atoms with Gasteiger partial charge in [0.25, 0.3) is 11.1 Å². The second kappa shape index (κ2) is 12.4. The molecule has 5 aromatic rings. The third-order valence-electron chi connectivity index (χ3n) is 9.55. The molecule has 0 spiro atoms. The maximum Gasteiger partial charge on any atom is 0.302 e. The Hall–Kier alpha value is -5.50. The van der Waals surface area contributed by atoms with Gasteiger partial charge in [0.15, 0.2) is 0 Å². The van der Waals surface area contributed by atoms with Crippen LogP contribution < -0.4 is 21.3 Å². The Morgan fingerprint density at radius 2 is 1.82 bits per heavy atom. The van der Waals surface area contributed by atoms with E-state index in [1.165, 1.54) is 30.9 Å². The first-order chi connectivity index (χ1) is 23.8. The van der Waals surface area contributed by atoms with Crippen molar-refractivity contribution in [3.63, 3.8) is 0 Å². The van der Waals surface area contributed by atoms with E-state index in [9.17, 15) is 14.4 Å². The van der Waals surface area contributed by atoms with Crippen molar-refractivity contribution in [3.05, 3.63) is 92.6 Å². The molecule has 2 saturated heterocycles. The molecule has 2 aliphatic heterocycles. The molecular weight excluding hydrogens is 641 g/mol. The average molecular weight is 680 g/mol. The van der Waals surface area contributed by atoms with E-state index in [0.29, 0.717) is 40.1 Å². The van der Waals surface area contributed by atoms with Crippen LogP contribution in [0.4, 0.5) is 21.7 Å². The zero-order valence-corrected chi connectivity index (χ0v) is 28.8. The lowest BCUT2D eigenvalue weighted by Gasteiger charge is -2.32. The van der Waals surface area contributed by atoms with Gasteiger partial charge in [-0.25, -0.2) is 19.0 Å². The number of hydrogen-bond acceptors (Lipinski definition) is 11. The number of carbonyl (C=O) groups is 1. The number of likely N-dealkylation sites (tertiary alicyclic amines) is 1. The number of piperazine rings is 1. The standard InChI is InChI=1S/C36H38FN9O4/c1-20(47)50-19-26-25(8-7-9-30(26)46-35(49)33-21(14-40-46)10-22(11-27(33)37)36(2,3)4)28-13-29(34(48)44(6)42-28)41-31-15-39-32(16-38-31)45-18-23-12-24(45)17-43(23)5/h7-11,13-16,23-24H,12,17-19H2,1-6H3,(H,38,41)/t23-,24-/m0/s1. The highest BCUT2D eigenvalue weighted by Gasteiger charge is 2.42. The molecule has 3 aromatic heterocycles. The summed E-state index contributed by atoms with van der Waals surface area (Å²) in [6, 6.07) is 10.7. The minimum atomic E-state index is -0.673. The fourth-order valence-electron chi connectivity index (χ4n) is 6.83. The summed E-state index contributed by atoms with van der Waals surface area (Å²) < 4.78 is 23.2. The Morgan fingerprint density at radius 3 is 2.48 bits per heavy atom. The largest absolute Gasteiger partial charge is 0.461 e. The Labute approximate surface area is 287 Å². The smallest absolute Gasteiger partial charge is 0.302 e. The van der Waals surface area contributed by atoms with Crippen LogP contribution in [-0.2, 0) is 28.6 Å². The van der Waals surface area contributed by atoms with E-state index in [1.54, 1.807) is 42.7 Å². The minimum Gasteiger partial charge on any atom is -0.461 e. The summed E-state index contributed by atoms with van der Waals surface area (Å²) in [5.41, 5.74) is 0.958. The second-order valence-corrected chi connectivity index (χ2v) is 14.0. The van der Waals surface area contributed by atoms with Crippen LogP contribution in [0.25, 0.3) is 27.7 Å². The third-order valence-corrected chi connectivity index (χ3v) is 9.55. The molecule has 1 N–H and O–H groups in total. The van der Waals surface area contributed by atoms with Crippen LogP contribution >= 0.6 is 0 Å². The predicted octanol–water partition coefficient (Wildman–Crippen LogP) is 4.07. The first kappa shape index (κ1) is 33.0. The molecule has 2 aromatic carbocycles. The van der Waals surface area contributed by atoms with Crippen LogP contribution in [0.1, 0.15) is 45.2 Å². The highest BCUT2D eigenvalue weighted by molar-refractivity contribution is 5.83. The number of ether oxygens (including phenoxy) is 1. The van der Waals surface area contributed by atoms with Gasteiger partial charge in [-0.15, -0.1) is 0 Å². The highest BCUT2D eigenvalue weighted by atomic mass is 19.1. The number of benzene rings is 2. The molecule has 5 heterocycles. The summed E-state index contributed by atoms with van der Waals surface area (Å²) in [5, 5.41) is 12.2. The second-order valence-electron chi connectivity index (χ2n) is 14.0. The van der Waals surface area contributed by atoms with Crippen LogP contribution in [0, 0.1) is 5.82 Å². The maximum atomic E-state index is 15.5. The summed E-state index contributed by atoms with van der Waals surface area (Å²) in [6.45, 7) is 8.81. The van der Waals surface area contributed by atoms with Gasteiger partial charge >= 0.3 is 5.97 Å². The van der Waals surface area contributed by atoms with E-state index >= 15 is 4.39 Å². The van der Waals surface area contributed by atoms with Gasteiger partial charge in [0.1, 0.15) is 29.7 Å². The van der Waals surface area contributed by atoms with Crippen molar-refractivity contribution in [2.75, 3.05) is 30.4 Å². The number of halogens is 1. The highest BCUT2D eigenvalue weighted by Crippen LogP contribution is 2.33. The number of aromatic nitrogens is 6. The van der Waals surface area contributed by atoms with Crippen molar-refractivity contribution in [1.82, 2.24) is 34.4 Å². The number of aryl methyl sites for hydroxylation is 1. The molecule has 13 nitrogen and oxygen atoms in total. The van der Waals surface area contributed by atoms with Crippen LogP contribution in [0.5, 0.6) is 0 Å². The molecule has 0 saturated carbocycles. The van der Waals surface area contributed by atoms with Crippen molar-refractivity contribution in [2.45, 2.75) is 58.2 Å². The zero-order valence-electron chi connectivity index (χ0n) is 28.8. The molecule has 2 fully saturated rings. The van der Waals surface area contributed by atoms with Crippen molar-refractivity contribution >= 4 is 34.1 Å². The van der Waals surface area contributed by atoms with Crippen molar-refractivity contribution in [1.29, 1.82) is 0 Å². The van der Waals surface area contributed by atoms with Gasteiger partial charge in [0.2, 0.25) is 0 Å². The number of esters is 1. The number of carbonyl (C=O) groups excluding carboxylic acids is 1. The monoisotopic (exact) mass is 679 g/mol. The lowest BCUT2D eigenvalue weighted by atomic mass is 9.86. The SMILES string of the molecule is CC(=O)OCc1c(-c2cc(Nc3cnc(N4C[C@@H]5C[C@H]4CN5C)cn3)c(=O)n(C)n2)cccc1-n1ncc2cc(C(C)(C)C)cc(F)c2c1=O. The summed E-state index contributed by atoms with van der Waals surface area (Å²) in [4.78, 5) is 52.9. The normalized spacial score (nSPS) is 17.5. The molecule has 0 amide bonds. The molecule has 2 aliphatic rings. The number of nitrogens with zero attached hydrogens (tertiary/aromatic N) is 8. The molecule has 258 valence electrons. The summed E-state index contributed by atoms with van der Waals surface area (Å²) in [6.07, 6.45) is 5.86. The Balaban J connectivity index is 1.27. The summed E-state index contributed by atoms with van der Waals surface area (Å²) in [5.74, 6) is -0.0320. The fourth-order valence-corrected chi connectivity index (χ4v) is 6.83. The predicted molar refractivity (Wildman–Crippen MR) is 187 cm³/mol. The summed E-state index contributed by atoms with van der Waals surface area (Å²) >= 11 is 0. The lowest BCUT2D eigenvalue weighted by Crippen LogP contribution is -2.44. The molecule has 0 aliphatic carbocycles. The van der Waals surface area contributed by atoms with Gasteiger partial charge in [0, 0.05) is 55.7 Å². The fraction of sp³-hybridized carbons (Fsp3) is 0.361. The molecule has 0 radical (unpaired) electrons. The third kappa shape index (κ3) is 5.99. The quantitative estimate of drug-likeness (QED) is 0.249. The van der Waals surface area contributed by atoms with E-state index in [0.717, 1.165) is 35.6 Å². The topological polar surface area (TPSA) is 140 Å². The van der Waals surface area contributed by atoms with Gasteiger partial charge in [-0.1, -0.05) is 32.9 Å². The van der Waals surface area contributed by atoms with Crippen molar-refractivity contribution < 1.29 is 13.9 Å². The number of nitrogens with one attached hydrogen (secondary N) is 1. The Kier molecular flexibility index (Phi) is 8.21. The number of fused-ring (bicyclic) bond motifs is 3. The maximum absolute atomic E-state index is 15.5. The first-order valence-corrected chi connectivity index (χ1v) is 16.4. The van der Waals surface area contributed by atoms with E-state index in [2.05, 4.69) is 42.3 Å². The van der Waals surface area contributed by atoms with Gasteiger partial charge in [-0.05, 0) is 48.7 Å². The Morgan fingerprint density at radius 1 is 1.02 bits per heavy atom. The molecule has 2 atom stereocenters. The average Bonchev–Trinajstić information content (AvgIpc) is 3.65. The molecule has 2 bridgehead atoms. The van der Waals surface area contributed by atoms with Gasteiger partial charge in [0.05, 0.1) is 35.4 Å². The molecular formula is C36H38FN9O4. The number of anilines is 3. The van der Waals surface area contributed by atoms with E-state index < -0.39 is 22.9 Å². The van der Waals surface area contributed by atoms with Gasteiger partial charge in [-0.2, -0.15) is 14.9 Å². The number of likely N-dealkylation sites (N-methyl/N-ethyl adjacent to an activating group) is 1. The van der Waals surface area contributed by atoms with Crippen LogP contribution in [0.2, 0.25) is 0 Å². The number of hydrogen-bond donors (Lipinski definition) is 1. The Bertz CT molecular complexity index is 2260. The molecule has 50 heavy (non-hydrogen) atoms. The van der Waals surface area contributed by atoms with E-state index in [-0.39, 0.29) is 28.8 Å². The van der Waals surface area contributed by atoms with Crippen LogP contribution in [-0.4, -0.2) is 72.6 Å². The number of rotatable bonds is 7. The first-order valence-electron chi connectivity index (χ1n) is 16.4. The minimum absolute atomic E-state index is 0.111.